The van der Waals surface area contributed by atoms with E-state index in [4.69, 9.17) is 30.5 Å². The van der Waals surface area contributed by atoms with Gasteiger partial charge in [-0.05, 0) is 49.2 Å². The maximum Gasteiger partial charge on any atom is 0.344 e. The average molecular weight is 363 g/mol. The molecule has 1 aliphatic heterocycles. The lowest BCUT2D eigenvalue weighted by atomic mass is 10.1. The molecule has 0 aliphatic carbocycles. The van der Waals surface area contributed by atoms with Gasteiger partial charge in [0, 0.05) is 16.1 Å². The Labute approximate surface area is 151 Å². The summed E-state index contributed by atoms with van der Waals surface area (Å²) in [4.78, 5) is 12.0. The van der Waals surface area contributed by atoms with Crippen LogP contribution in [-0.4, -0.2) is 19.4 Å². The van der Waals surface area contributed by atoms with Crippen molar-refractivity contribution in [1.29, 1.82) is 0 Å². The second-order valence-corrected chi connectivity index (χ2v) is 6.37. The quantitative estimate of drug-likeness (QED) is 0.754. The van der Waals surface area contributed by atoms with Crippen LogP contribution in [0.25, 0.3) is 0 Å². The second kappa shape index (κ2) is 7.76. The number of ether oxygens (including phenoxy) is 4. The van der Waals surface area contributed by atoms with E-state index in [9.17, 15) is 4.79 Å². The van der Waals surface area contributed by atoms with E-state index in [2.05, 4.69) is 0 Å². The largest absolute Gasteiger partial charge is 0.482 e. The van der Waals surface area contributed by atoms with Crippen molar-refractivity contribution in [3.05, 3.63) is 57.6 Å². The first-order chi connectivity index (χ1) is 12.0. The van der Waals surface area contributed by atoms with Crippen LogP contribution in [0.1, 0.15) is 22.3 Å². The molecule has 0 unspecified atom stereocenters. The van der Waals surface area contributed by atoms with Gasteiger partial charge in [-0.15, -0.1) is 0 Å². The van der Waals surface area contributed by atoms with Gasteiger partial charge in [0.15, 0.2) is 13.4 Å². The van der Waals surface area contributed by atoms with E-state index in [-0.39, 0.29) is 20.0 Å². The topological polar surface area (TPSA) is 54.0 Å². The van der Waals surface area contributed by atoms with Crippen LogP contribution < -0.4 is 9.47 Å². The fraction of sp³-hybridized carbons (Fsp3) is 0.316. The summed E-state index contributed by atoms with van der Waals surface area (Å²) in [6, 6.07) is 9.30. The predicted molar refractivity (Wildman–Crippen MR) is 92.9 cm³/mol. The number of hydrogen-bond donors (Lipinski definition) is 0. The summed E-state index contributed by atoms with van der Waals surface area (Å²) in [5.41, 5.74) is 3.71. The van der Waals surface area contributed by atoms with Gasteiger partial charge in [0.2, 0.25) is 0 Å². The van der Waals surface area contributed by atoms with E-state index in [1.165, 1.54) is 0 Å². The minimum absolute atomic E-state index is 0.0674. The van der Waals surface area contributed by atoms with Crippen LogP contribution in [0.5, 0.6) is 11.5 Å². The first-order valence-corrected chi connectivity index (χ1v) is 8.27. The fourth-order valence-corrected chi connectivity index (χ4v) is 2.99. The summed E-state index contributed by atoms with van der Waals surface area (Å²) >= 11 is 6.09. The van der Waals surface area contributed by atoms with Crippen molar-refractivity contribution in [3.63, 3.8) is 0 Å². The van der Waals surface area contributed by atoms with E-state index < -0.39 is 5.97 Å². The molecule has 1 heterocycles. The molecule has 6 heteroatoms. The monoisotopic (exact) mass is 362 g/mol. The second-order valence-electron chi connectivity index (χ2n) is 5.94. The molecule has 2 aromatic rings. The van der Waals surface area contributed by atoms with Gasteiger partial charge >= 0.3 is 5.97 Å². The van der Waals surface area contributed by atoms with Gasteiger partial charge in [0.25, 0.3) is 0 Å². The number of halogens is 1. The van der Waals surface area contributed by atoms with Crippen LogP contribution in [-0.2, 0) is 27.5 Å². The van der Waals surface area contributed by atoms with E-state index in [0.717, 1.165) is 16.7 Å². The number of fused-ring (bicyclic) bond motifs is 1. The van der Waals surface area contributed by atoms with E-state index in [1.807, 2.05) is 32.0 Å². The Balaban J connectivity index is 1.58. The molecule has 1 aliphatic rings. The highest BCUT2D eigenvalue weighted by atomic mass is 35.5. The minimum atomic E-state index is -0.458. The number of carbonyl (C=O) groups is 1. The normalized spacial score (nSPS) is 12.9. The van der Waals surface area contributed by atoms with Crippen LogP contribution in [0, 0.1) is 13.8 Å². The van der Waals surface area contributed by atoms with Crippen molar-refractivity contribution in [1.82, 2.24) is 0 Å². The van der Waals surface area contributed by atoms with Crippen molar-refractivity contribution in [2.24, 2.45) is 0 Å². The maximum absolute atomic E-state index is 12.0. The van der Waals surface area contributed by atoms with Gasteiger partial charge in [-0.3, -0.25) is 0 Å². The van der Waals surface area contributed by atoms with E-state index in [1.54, 1.807) is 12.1 Å². The summed E-state index contributed by atoms with van der Waals surface area (Å²) in [6.07, 6.45) is 0. The van der Waals surface area contributed by atoms with Crippen molar-refractivity contribution < 1.29 is 23.7 Å². The average Bonchev–Trinajstić information content (AvgIpc) is 2.57. The maximum atomic E-state index is 12.0. The third-order valence-corrected chi connectivity index (χ3v) is 3.91. The molecule has 5 nitrogen and oxygen atoms in total. The molecular weight excluding hydrogens is 344 g/mol. The minimum Gasteiger partial charge on any atom is -0.482 e. The molecule has 0 saturated heterocycles. The van der Waals surface area contributed by atoms with Gasteiger partial charge in [-0.1, -0.05) is 17.7 Å². The zero-order chi connectivity index (χ0) is 17.8. The number of esters is 1. The molecule has 0 saturated carbocycles. The lowest BCUT2D eigenvalue weighted by Gasteiger charge is -2.21. The first-order valence-electron chi connectivity index (χ1n) is 7.90. The van der Waals surface area contributed by atoms with Crippen LogP contribution >= 0.6 is 11.6 Å². The van der Waals surface area contributed by atoms with Gasteiger partial charge in [0.1, 0.15) is 18.1 Å². The van der Waals surface area contributed by atoms with Crippen molar-refractivity contribution >= 4 is 17.6 Å². The SMILES string of the molecule is Cc1cc(C)cc(OCC(=O)OCc2cc(Cl)cc3c2OCOC3)c1. The lowest BCUT2D eigenvalue weighted by Crippen LogP contribution is -2.17. The van der Waals surface area contributed by atoms with Crippen LogP contribution in [0.15, 0.2) is 30.3 Å². The number of benzene rings is 2. The Bertz CT molecular complexity index is 767. The Hall–Kier alpha value is -2.24. The van der Waals surface area contributed by atoms with E-state index >= 15 is 0 Å². The highest BCUT2D eigenvalue weighted by Crippen LogP contribution is 2.32. The zero-order valence-electron chi connectivity index (χ0n) is 14.1. The lowest BCUT2D eigenvalue weighted by molar-refractivity contribution is -0.147. The number of carbonyl (C=O) groups excluding carboxylic acids is 1. The van der Waals surface area contributed by atoms with Crippen molar-refractivity contribution in [2.75, 3.05) is 13.4 Å². The van der Waals surface area contributed by atoms with Gasteiger partial charge in [-0.25, -0.2) is 4.79 Å². The predicted octanol–water partition coefficient (Wildman–Crippen LogP) is 3.95. The number of hydrogen-bond acceptors (Lipinski definition) is 5. The van der Waals surface area contributed by atoms with Crippen molar-refractivity contribution in [2.45, 2.75) is 27.1 Å². The highest BCUT2D eigenvalue weighted by Gasteiger charge is 2.17. The Morgan fingerprint density at radius 1 is 1.16 bits per heavy atom. The summed E-state index contributed by atoms with van der Waals surface area (Å²) in [6.45, 7) is 4.46. The Kier molecular flexibility index (Phi) is 5.46. The first kappa shape index (κ1) is 17.6. The summed E-state index contributed by atoms with van der Waals surface area (Å²) in [7, 11) is 0. The molecule has 132 valence electrons. The molecule has 0 bridgehead atoms. The third kappa shape index (κ3) is 4.65. The van der Waals surface area contributed by atoms with Crippen LogP contribution in [0.2, 0.25) is 5.02 Å². The Morgan fingerprint density at radius 2 is 1.92 bits per heavy atom. The fourth-order valence-electron chi connectivity index (χ4n) is 2.72. The number of aryl methyl sites for hydroxylation is 2. The molecule has 0 atom stereocenters. The van der Waals surface area contributed by atoms with Crippen LogP contribution in [0.3, 0.4) is 0 Å². The highest BCUT2D eigenvalue weighted by molar-refractivity contribution is 6.30. The van der Waals surface area contributed by atoms with E-state index in [0.29, 0.717) is 28.7 Å². The summed E-state index contributed by atoms with van der Waals surface area (Å²) in [5.74, 6) is 0.855. The molecule has 0 amide bonds. The molecule has 0 radical (unpaired) electrons. The van der Waals surface area contributed by atoms with Gasteiger partial charge in [-0.2, -0.15) is 0 Å². The van der Waals surface area contributed by atoms with Gasteiger partial charge < -0.3 is 18.9 Å². The molecule has 3 rings (SSSR count). The molecule has 25 heavy (non-hydrogen) atoms. The Morgan fingerprint density at radius 3 is 2.68 bits per heavy atom. The smallest absolute Gasteiger partial charge is 0.344 e. The summed E-state index contributed by atoms with van der Waals surface area (Å²) in [5, 5.41) is 0.547. The molecule has 0 N–H and O–H groups in total. The summed E-state index contributed by atoms with van der Waals surface area (Å²) < 4.78 is 21.5. The van der Waals surface area contributed by atoms with Crippen LogP contribution in [0.4, 0.5) is 0 Å². The van der Waals surface area contributed by atoms with Gasteiger partial charge in [0.05, 0.1) is 6.61 Å². The molecule has 0 fully saturated rings. The molecule has 0 aromatic heterocycles. The zero-order valence-corrected chi connectivity index (χ0v) is 14.9. The molecular formula is C19H19ClO5. The third-order valence-electron chi connectivity index (χ3n) is 3.69. The number of rotatable bonds is 5. The molecule has 0 spiro atoms. The van der Waals surface area contributed by atoms with Crippen molar-refractivity contribution in [3.8, 4) is 11.5 Å². The standard InChI is InChI=1S/C19H19ClO5/c1-12-3-13(2)5-17(4-12)23-10-18(21)24-9-15-7-16(20)6-14-8-22-11-25-19(14)15/h3-7H,8-11H2,1-2H3. The molecule has 2 aromatic carbocycles.